The lowest BCUT2D eigenvalue weighted by Gasteiger charge is -2.25. The minimum atomic E-state index is -3.45. The molecule has 14 nitrogen and oxygen atoms in total. The molecule has 0 aliphatic carbocycles. The van der Waals surface area contributed by atoms with E-state index in [1.165, 1.54) is 43.5 Å². The van der Waals surface area contributed by atoms with Crippen molar-refractivity contribution >= 4 is 27.7 Å². The van der Waals surface area contributed by atoms with Gasteiger partial charge in [-0.15, -0.1) is 0 Å². The molecular formula is C31H33F2N7O7S. The van der Waals surface area contributed by atoms with Crippen molar-refractivity contribution in [1.82, 2.24) is 25.1 Å². The maximum absolute atomic E-state index is 13.2. The first-order valence-corrected chi connectivity index (χ1v) is 16.5. The van der Waals surface area contributed by atoms with E-state index in [1.54, 1.807) is 52.4 Å². The molecule has 17 heteroatoms. The minimum absolute atomic E-state index is 0.0796. The number of ether oxygens (including phenoxy) is 3. The SMILES string of the molecule is CCS(=O)(=O)c1ccc([C@H](COC(N)=O)NC(=O)c2ccc(N3C[C@@H](Oc4ccc(-n5cccn5)cn4)C[C@H]3COC(F)F)nc2)cc1. The number of nitrogens with one attached hydrogen (secondary N) is 1. The number of pyridine rings is 2. The third-order valence-electron chi connectivity index (χ3n) is 7.59. The molecule has 0 unspecified atom stereocenters. The van der Waals surface area contributed by atoms with Crippen LogP contribution < -0.4 is 20.7 Å². The Hall–Kier alpha value is -5.16. The highest BCUT2D eigenvalue weighted by atomic mass is 32.2. The first kappa shape index (κ1) is 34.2. The summed E-state index contributed by atoms with van der Waals surface area (Å²) in [4.78, 5) is 35.1. The maximum Gasteiger partial charge on any atom is 0.404 e. The number of hydrogen-bond acceptors (Lipinski definition) is 11. The molecule has 0 bridgehead atoms. The zero-order valence-corrected chi connectivity index (χ0v) is 26.5. The van der Waals surface area contributed by atoms with E-state index < -0.39 is 46.6 Å². The van der Waals surface area contributed by atoms with E-state index in [2.05, 4.69) is 25.1 Å². The lowest BCUT2D eigenvalue weighted by Crippen LogP contribution is -2.35. The van der Waals surface area contributed by atoms with Gasteiger partial charge in [0.05, 0.1) is 53.3 Å². The maximum atomic E-state index is 13.2. The Bertz CT molecular complexity index is 1780. The Morgan fingerprint density at radius 1 is 1.08 bits per heavy atom. The highest BCUT2D eigenvalue weighted by Crippen LogP contribution is 2.28. The Morgan fingerprint density at radius 3 is 2.48 bits per heavy atom. The van der Waals surface area contributed by atoms with E-state index in [0.29, 0.717) is 23.7 Å². The number of nitrogens with zero attached hydrogens (tertiary/aromatic N) is 5. The average molecular weight is 686 g/mol. The standard InChI is InChI=1S/C31H33F2N7O7S/c1-2-48(43,44)25-8-4-20(5-9-25)26(19-46-31(34)42)38-29(41)21-6-10-27(35-15-21)39-17-24(14-23(39)18-45-30(32)33)47-28-11-7-22(16-36-28)40-13-3-12-37-40/h3-13,15-16,23-24,26,30H,2,14,17-19H2,1H3,(H2,34,42)(H,38,41)/t23-,24-,26-/m0/s1. The van der Waals surface area contributed by atoms with Crippen molar-refractivity contribution in [1.29, 1.82) is 0 Å². The van der Waals surface area contributed by atoms with Gasteiger partial charge in [-0.05, 0) is 42.0 Å². The van der Waals surface area contributed by atoms with Crippen LogP contribution in [0.5, 0.6) is 5.88 Å². The molecule has 2 amide bonds. The molecule has 1 aliphatic rings. The number of aromatic nitrogens is 4. The molecular weight excluding hydrogens is 652 g/mol. The fourth-order valence-electron chi connectivity index (χ4n) is 5.14. The van der Waals surface area contributed by atoms with Gasteiger partial charge in [0.1, 0.15) is 18.5 Å². The Kier molecular flexibility index (Phi) is 10.8. The van der Waals surface area contributed by atoms with E-state index in [0.717, 1.165) is 5.69 Å². The van der Waals surface area contributed by atoms with Crippen LogP contribution in [0, 0.1) is 0 Å². The van der Waals surface area contributed by atoms with E-state index >= 15 is 0 Å². The van der Waals surface area contributed by atoms with E-state index in [4.69, 9.17) is 15.2 Å². The highest BCUT2D eigenvalue weighted by Gasteiger charge is 2.35. The van der Waals surface area contributed by atoms with Crippen LogP contribution >= 0.6 is 0 Å². The molecule has 1 aliphatic heterocycles. The predicted molar refractivity (Wildman–Crippen MR) is 168 cm³/mol. The van der Waals surface area contributed by atoms with E-state index in [9.17, 15) is 26.8 Å². The number of sulfone groups is 1. The summed E-state index contributed by atoms with van der Waals surface area (Å²) >= 11 is 0. The zero-order chi connectivity index (χ0) is 34.3. The summed E-state index contributed by atoms with van der Waals surface area (Å²) in [5.74, 6) is 0.109. The molecule has 1 aromatic carbocycles. The Labute approximate surface area is 274 Å². The van der Waals surface area contributed by atoms with Crippen molar-refractivity contribution in [2.45, 2.75) is 43.0 Å². The second kappa shape index (κ2) is 15.2. The summed E-state index contributed by atoms with van der Waals surface area (Å²) < 4.78 is 67.6. The van der Waals surface area contributed by atoms with Gasteiger partial charge in [0.15, 0.2) is 9.84 Å². The summed E-state index contributed by atoms with van der Waals surface area (Å²) in [6, 6.07) is 12.8. The zero-order valence-electron chi connectivity index (χ0n) is 25.7. The summed E-state index contributed by atoms with van der Waals surface area (Å²) in [6.45, 7) is -1.74. The van der Waals surface area contributed by atoms with Gasteiger partial charge in [0.2, 0.25) is 5.88 Å². The smallest absolute Gasteiger partial charge is 0.404 e. The third-order valence-corrected chi connectivity index (χ3v) is 9.34. The fraction of sp³-hybridized carbons (Fsp3) is 0.323. The average Bonchev–Trinajstić information content (AvgIpc) is 3.77. The number of nitrogens with two attached hydrogens (primary N) is 1. The molecule has 1 saturated heterocycles. The number of halogens is 2. The number of carbonyl (C=O) groups is 2. The van der Waals surface area contributed by atoms with Gasteiger partial charge in [-0.3, -0.25) is 4.79 Å². The van der Waals surface area contributed by atoms with E-state index in [1.807, 2.05) is 0 Å². The fourth-order valence-corrected chi connectivity index (χ4v) is 6.03. The summed E-state index contributed by atoms with van der Waals surface area (Å²) in [6.07, 6.45) is 5.23. The van der Waals surface area contributed by atoms with Crippen LogP contribution in [0.2, 0.25) is 0 Å². The molecule has 0 saturated carbocycles. The van der Waals surface area contributed by atoms with Crippen LogP contribution in [0.3, 0.4) is 0 Å². The van der Waals surface area contributed by atoms with Crippen molar-refractivity contribution in [2.24, 2.45) is 5.73 Å². The van der Waals surface area contributed by atoms with Gasteiger partial charge >= 0.3 is 12.7 Å². The second-order valence-corrected chi connectivity index (χ2v) is 13.0. The largest absolute Gasteiger partial charge is 0.472 e. The van der Waals surface area contributed by atoms with Crippen LogP contribution in [-0.2, 0) is 19.3 Å². The number of rotatable bonds is 14. The molecule has 0 spiro atoms. The van der Waals surface area contributed by atoms with Gasteiger partial charge in [-0.1, -0.05) is 19.1 Å². The van der Waals surface area contributed by atoms with Crippen molar-refractivity contribution in [3.05, 3.63) is 90.5 Å². The monoisotopic (exact) mass is 685 g/mol. The normalized spacial score (nSPS) is 16.9. The van der Waals surface area contributed by atoms with Crippen LogP contribution in [0.15, 0.2) is 84.3 Å². The molecule has 48 heavy (non-hydrogen) atoms. The number of benzene rings is 1. The highest BCUT2D eigenvalue weighted by molar-refractivity contribution is 7.91. The molecule has 254 valence electrons. The van der Waals surface area contributed by atoms with Crippen molar-refractivity contribution < 1.29 is 41.0 Å². The minimum Gasteiger partial charge on any atom is -0.472 e. The quantitative estimate of drug-likeness (QED) is 0.199. The first-order valence-electron chi connectivity index (χ1n) is 14.8. The van der Waals surface area contributed by atoms with Crippen molar-refractivity contribution in [2.75, 3.05) is 30.4 Å². The summed E-state index contributed by atoms with van der Waals surface area (Å²) in [5, 5.41) is 6.91. The molecule has 1 fully saturated rings. The van der Waals surface area contributed by atoms with Gasteiger partial charge < -0.3 is 30.2 Å². The number of hydrogen-bond donors (Lipinski definition) is 2. The van der Waals surface area contributed by atoms with Crippen LogP contribution in [0.1, 0.15) is 35.3 Å². The molecule has 3 N–H and O–H groups in total. The number of alkyl halides is 2. The molecule has 4 aromatic rings. The van der Waals surface area contributed by atoms with Crippen LogP contribution in [-0.4, -0.2) is 84.4 Å². The van der Waals surface area contributed by atoms with Gasteiger partial charge in [0.25, 0.3) is 5.91 Å². The number of amides is 2. The van der Waals surface area contributed by atoms with Crippen molar-refractivity contribution in [3.63, 3.8) is 0 Å². The van der Waals surface area contributed by atoms with Crippen molar-refractivity contribution in [3.8, 4) is 11.6 Å². The van der Waals surface area contributed by atoms with Gasteiger partial charge in [-0.2, -0.15) is 13.9 Å². The molecule has 5 rings (SSSR count). The molecule has 3 atom stereocenters. The topological polar surface area (TPSA) is 181 Å². The van der Waals surface area contributed by atoms with E-state index in [-0.39, 0.29) is 36.0 Å². The van der Waals surface area contributed by atoms with Gasteiger partial charge in [0, 0.05) is 31.1 Å². The molecule has 3 aromatic heterocycles. The van der Waals surface area contributed by atoms with Gasteiger partial charge in [-0.25, -0.2) is 27.9 Å². The first-order chi connectivity index (χ1) is 23.0. The van der Waals surface area contributed by atoms with Crippen LogP contribution in [0.4, 0.5) is 19.4 Å². The Balaban J connectivity index is 1.27. The lowest BCUT2D eigenvalue weighted by atomic mass is 10.1. The van der Waals surface area contributed by atoms with Crippen LogP contribution in [0.25, 0.3) is 5.69 Å². The predicted octanol–water partition coefficient (Wildman–Crippen LogP) is 3.29. The summed E-state index contributed by atoms with van der Waals surface area (Å²) in [5.41, 5.74) is 6.49. The Morgan fingerprint density at radius 2 is 1.88 bits per heavy atom. The lowest BCUT2D eigenvalue weighted by molar-refractivity contribution is -0.131. The number of anilines is 1. The third kappa shape index (κ3) is 8.60. The number of primary amides is 1. The molecule has 0 radical (unpaired) electrons. The summed E-state index contributed by atoms with van der Waals surface area (Å²) in [7, 11) is -3.45. The molecule has 4 heterocycles. The second-order valence-electron chi connectivity index (χ2n) is 10.7. The number of carbonyl (C=O) groups excluding carboxylic acids is 2.